The summed E-state index contributed by atoms with van der Waals surface area (Å²) in [6.45, 7) is 6.44. The van der Waals surface area contributed by atoms with Crippen molar-refractivity contribution >= 4 is 11.6 Å². The Bertz CT molecular complexity index is 644. The Hall–Kier alpha value is -1.91. The van der Waals surface area contributed by atoms with E-state index in [9.17, 15) is 0 Å². The zero-order valence-corrected chi connectivity index (χ0v) is 15.2. The molecule has 0 fully saturated rings. The molecular formula is C19H24ClNO3. The molecule has 130 valence electrons. The lowest BCUT2D eigenvalue weighted by atomic mass is 10.1. The number of rotatable bonds is 9. The van der Waals surface area contributed by atoms with Crippen molar-refractivity contribution in [3.05, 3.63) is 52.5 Å². The highest BCUT2D eigenvalue weighted by Gasteiger charge is 2.12. The Morgan fingerprint density at radius 2 is 1.58 bits per heavy atom. The molecule has 2 aromatic carbocycles. The van der Waals surface area contributed by atoms with Gasteiger partial charge in [-0.25, -0.2) is 0 Å². The van der Waals surface area contributed by atoms with E-state index in [0.717, 1.165) is 17.9 Å². The van der Waals surface area contributed by atoms with Crippen LogP contribution in [0.4, 0.5) is 0 Å². The average molecular weight is 350 g/mol. The normalized spacial score (nSPS) is 10.5. The minimum Gasteiger partial charge on any atom is -0.497 e. The Morgan fingerprint density at radius 3 is 2.21 bits per heavy atom. The van der Waals surface area contributed by atoms with Gasteiger partial charge in [0.25, 0.3) is 0 Å². The zero-order chi connectivity index (χ0) is 17.4. The third kappa shape index (κ3) is 5.05. The number of halogens is 1. The van der Waals surface area contributed by atoms with Gasteiger partial charge in [-0.2, -0.15) is 0 Å². The number of nitrogens with one attached hydrogen (secondary N) is 1. The maximum atomic E-state index is 6.33. The fourth-order valence-corrected chi connectivity index (χ4v) is 2.65. The Balaban J connectivity index is 2.00. The molecular weight excluding hydrogens is 326 g/mol. The van der Waals surface area contributed by atoms with Gasteiger partial charge < -0.3 is 19.5 Å². The molecule has 0 aliphatic rings. The molecule has 4 nitrogen and oxygen atoms in total. The molecule has 0 saturated heterocycles. The second kappa shape index (κ2) is 9.40. The zero-order valence-electron chi connectivity index (χ0n) is 14.4. The largest absolute Gasteiger partial charge is 0.497 e. The molecule has 0 bridgehead atoms. The number of hydrogen-bond acceptors (Lipinski definition) is 4. The monoisotopic (exact) mass is 349 g/mol. The lowest BCUT2D eigenvalue weighted by molar-refractivity contribution is 0.287. The van der Waals surface area contributed by atoms with Crippen molar-refractivity contribution in [1.82, 2.24) is 5.32 Å². The molecule has 0 aliphatic heterocycles. The van der Waals surface area contributed by atoms with Gasteiger partial charge in [-0.1, -0.05) is 23.7 Å². The number of ether oxygens (including phenoxy) is 3. The lowest BCUT2D eigenvalue weighted by Crippen LogP contribution is -2.13. The first-order chi connectivity index (χ1) is 11.7. The van der Waals surface area contributed by atoms with Gasteiger partial charge >= 0.3 is 0 Å². The van der Waals surface area contributed by atoms with E-state index in [1.807, 2.05) is 50.2 Å². The van der Waals surface area contributed by atoms with Crippen LogP contribution in [0.15, 0.2) is 36.4 Å². The number of methoxy groups -OCH3 is 1. The van der Waals surface area contributed by atoms with Gasteiger partial charge in [-0.15, -0.1) is 0 Å². The van der Waals surface area contributed by atoms with Gasteiger partial charge in [0, 0.05) is 13.1 Å². The van der Waals surface area contributed by atoms with Crippen LogP contribution in [-0.4, -0.2) is 20.3 Å². The fourth-order valence-electron chi connectivity index (χ4n) is 2.37. The van der Waals surface area contributed by atoms with Crippen LogP contribution in [-0.2, 0) is 13.1 Å². The Kier molecular flexibility index (Phi) is 7.22. The summed E-state index contributed by atoms with van der Waals surface area (Å²) >= 11 is 6.33. The third-order valence-corrected chi connectivity index (χ3v) is 3.76. The molecule has 0 saturated carbocycles. The molecule has 0 aromatic heterocycles. The summed E-state index contributed by atoms with van der Waals surface area (Å²) in [6, 6.07) is 11.9. The van der Waals surface area contributed by atoms with E-state index in [1.165, 1.54) is 5.56 Å². The van der Waals surface area contributed by atoms with Crippen LogP contribution in [0, 0.1) is 0 Å². The molecule has 2 rings (SSSR count). The molecule has 2 aromatic rings. The summed E-state index contributed by atoms with van der Waals surface area (Å²) in [6.07, 6.45) is 0. The van der Waals surface area contributed by atoms with Gasteiger partial charge in [-0.3, -0.25) is 0 Å². The standard InChI is InChI=1S/C19H24ClNO3/c1-4-23-18-11-15(10-17(20)19(18)24-5-2)13-21-12-14-6-8-16(22-3)9-7-14/h6-11,21H,4-5,12-13H2,1-3H3. The van der Waals surface area contributed by atoms with Crippen LogP contribution < -0.4 is 19.5 Å². The minimum atomic E-state index is 0.550. The first-order valence-electron chi connectivity index (χ1n) is 8.09. The minimum absolute atomic E-state index is 0.550. The van der Waals surface area contributed by atoms with Crippen LogP contribution >= 0.6 is 11.6 Å². The maximum absolute atomic E-state index is 6.33. The molecule has 0 heterocycles. The van der Waals surface area contributed by atoms with Crippen LogP contribution in [0.5, 0.6) is 17.2 Å². The number of benzene rings is 2. The molecule has 0 amide bonds. The van der Waals surface area contributed by atoms with Gasteiger partial charge in [-0.05, 0) is 49.2 Å². The van der Waals surface area contributed by atoms with E-state index >= 15 is 0 Å². The summed E-state index contributed by atoms with van der Waals surface area (Å²) in [4.78, 5) is 0. The van der Waals surface area contributed by atoms with Crippen molar-refractivity contribution in [2.24, 2.45) is 0 Å². The summed E-state index contributed by atoms with van der Waals surface area (Å²) in [5, 5.41) is 3.98. The average Bonchev–Trinajstić information content (AvgIpc) is 2.59. The van der Waals surface area contributed by atoms with Crippen molar-refractivity contribution in [3.63, 3.8) is 0 Å². The predicted octanol–water partition coefficient (Wildman–Crippen LogP) is 4.44. The molecule has 0 spiro atoms. The van der Waals surface area contributed by atoms with Crippen molar-refractivity contribution in [2.75, 3.05) is 20.3 Å². The highest BCUT2D eigenvalue weighted by Crippen LogP contribution is 2.36. The smallest absolute Gasteiger partial charge is 0.179 e. The molecule has 0 aliphatic carbocycles. The SMILES string of the molecule is CCOc1cc(CNCc2ccc(OC)cc2)cc(Cl)c1OCC. The molecule has 24 heavy (non-hydrogen) atoms. The topological polar surface area (TPSA) is 39.7 Å². The summed E-state index contributed by atoms with van der Waals surface area (Å²) < 4.78 is 16.4. The second-order valence-electron chi connectivity index (χ2n) is 5.22. The summed E-state index contributed by atoms with van der Waals surface area (Å²) in [7, 11) is 1.67. The molecule has 1 N–H and O–H groups in total. The van der Waals surface area contributed by atoms with Gasteiger partial charge in [0.05, 0.1) is 25.3 Å². The second-order valence-corrected chi connectivity index (χ2v) is 5.63. The van der Waals surface area contributed by atoms with E-state index in [-0.39, 0.29) is 0 Å². The van der Waals surface area contributed by atoms with Crippen LogP contribution in [0.1, 0.15) is 25.0 Å². The van der Waals surface area contributed by atoms with E-state index in [4.69, 9.17) is 25.8 Å². The van der Waals surface area contributed by atoms with Crippen LogP contribution in [0.2, 0.25) is 5.02 Å². The quantitative estimate of drug-likeness (QED) is 0.726. The van der Waals surface area contributed by atoms with Crippen molar-refractivity contribution < 1.29 is 14.2 Å². The van der Waals surface area contributed by atoms with Crippen LogP contribution in [0.3, 0.4) is 0 Å². The van der Waals surface area contributed by atoms with E-state index in [1.54, 1.807) is 7.11 Å². The molecule has 0 unspecified atom stereocenters. The lowest BCUT2D eigenvalue weighted by Gasteiger charge is -2.14. The van der Waals surface area contributed by atoms with Gasteiger partial charge in [0.2, 0.25) is 0 Å². The summed E-state index contributed by atoms with van der Waals surface area (Å²) in [5.41, 5.74) is 2.25. The highest BCUT2D eigenvalue weighted by molar-refractivity contribution is 6.32. The first-order valence-corrected chi connectivity index (χ1v) is 8.47. The predicted molar refractivity (Wildman–Crippen MR) is 97.3 cm³/mol. The van der Waals surface area contributed by atoms with Crippen molar-refractivity contribution in [2.45, 2.75) is 26.9 Å². The number of hydrogen-bond donors (Lipinski definition) is 1. The van der Waals surface area contributed by atoms with Gasteiger partial charge in [0.15, 0.2) is 11.5 Å². The van der Waals surface area contributed by atoms with Crippen molar-refractivity contribution in [1.29, 1.82) is 0 Å². The highest BCUT2D eigenvalue weighted by atomic mass is 35.5. The van der Waals surface area contributed by atoms with Gasteiger partial charge in [0.1, 0.15) is 5.75 Å². The van der Waals surface area contributed by atoms with Crippen molar-refractivity contribution in [3.8, 4) is 17.2 Å². The molecule has 0 atom stereocenters. The molecule has 0 radical (unpaired) electrons. The first kappa shape index (κ1) is 18.4. The van der Waals surface area contributed by atoms with E-state index in [0.29, 0.717) is 36.3 Å². The van der Waals surface area contributed by atoms with E-state index in [2.05, 4.69) is 5.32 Å². The fraction of sp³-hybridized carbons (Fsp3) is 0.368. The Morgan fingerprint density at radius 1 is 0.917 bits per heavy atom. The Labute approximate surface area is 148 Å². The van der Waals surface area contributed by atoms with E-state index < -0.39 is 0 Å². The third-order valence-electron chi connectivity index (χ3n) is 3.48. The molecule has 5 heteroatoms. The summed E-state index contributed by atoms with van der Waals surface area (Å²) in [5.74, 6) is 2.16. The maximum Gasteiger partial charge on any atom is 0.179 e. The van der Waals surface area contributed by atoms with Crippen LogP contribution in [0.25, 0.3) is 0 Å².